The zero-order valence-corrected chi connectivity index (χ0v) is 15.9. The summed E-state index contributed by atoms with van der Waals surface area (Å²) in [6.07, 6.45) is 1.93. The first-order valence-corrected chi connectivity index (χ1v) is 9.50. The molecule has 6 heteroatoms. The average Bonchev–Trinajstić information content (AvgIpc) is 3.22. The van der Waals surface area contributed by atoms with Crippen LogP contribution in [0.1, 0.15) is 36.9 Å². The minimum atomic E-state index is -0.773. The minimum Gasteiger partial charge on any atom is -0.376 e. The van der Waals surface area contributed by atoms with Gasteiger partial charge in [-0.3, -0.25) is 9.59 Å². The molecule has 1 aliphatic rings. The van der Waals surface area contributed by atoms with Gasteiger partial charge in [0.15, 0.2) is 0 Å². The van der Waals surface area contributed by atoms with Crippen LogP contribution in [-0.4, -0.2) is 36.0 Å². The monoisotopic (exact) mass is 384 g/mol. The van der Waals surface area contributed by atoms with Crippen LogP contribution in [0.3, 0.4) is 0 Å². The van der Waals surface area contributed by atoms with Crippen LogP contribution in [0.4, 0.5) is 4.39 Å². The molecule has 28 heavy (non-hydrogen) atoms. The predicted octanol–water partition coefficient (Wildman–Crippen LogP) is 3.21. The van der Waals surface area contributed by atoms with Crippen molar-refractivity contribution in [1.29, 1.82) is 0 Å². The number of nitrogens with one attached hydrogen (secondary N) is 1. The van der Waals surface area contributed by atoms with Gasteiger partial charge in [-0.15, -0.1) is 0 Å². The van der Waals surface area contributed by atoms with Gasteiger partial charge < -0.3 is 15.0 Å². The molecule has 148 valence electrons. The van der Waals surface area contributed by atoms with Crippen LogP contribution >= 0.6 is 0 Å². The number of ether oxygens (including phenoxy) is 1. The van der Waals surface area contributed by atoms with Gasteiger partial charge in [-0.1, -0.05) is 42.5 Å². The maximum Gasteiger partial charge on any atom is 0.247 e. The second-order valence-corrected chi connectivity index (χ2v) is 6.97. The lowest BCUT2D eigenvalue weighted by Gasteiger charge is -2.31. The van der Waals surface area contributed by atoms with E-state index in [1.165, 1.54) is 24.0 Å². The van der Waals surface area contributed by atoms with Crippen LogP contribution in [0.2, 0.25) is 0 Å². The van der Waals surface area contributed by atoms with E-state index in [0.29, 0.717) is 13.2 Å². The highest BCUT2D eigenvalue weighted by atomic mass is 19.1. The highest BCUT2D eigenvalue weighted by Crippen LogP contribution is 2.24. The van der Waals surface area contributed by atoms with Crippen molar-refractivity contribution in [1.82, 2.24) is 10.2 Å². The lowest BCUT2D eigenvalue weighted by Crippen LogP contribution is -2.44. The van der Waals surface area contributed by atoms with Crippen LogP contribution in [0.5, 0.6) is 0 Å². The van der Waals surface area contributed by atoms with Gasteiger partial charge in [0.25, 0.3) is 0 Å². The van der Waals surface area contributed by atoms with Crippen molar-refractivity contribution in [2.75, 3.05) is 13.2 Å². The van der Waals surface area contributed by atoms with Gasteiger partial charge in [-0.05, 0) is 36.1 Å². The summed E-state index contributed by atoms with van der Waals surface area (Å²) in [4.78, 5) is 27.0. The molecule has 3 rings (SSSR count). The molecule has 0 aromatic heterocycles. The summed E-state index contributed by atoms with van der Waals surface area (Å²) >= 11 is 0. The van der Waals surface area contributed by atoms with Crippen molar-refractivity contribution >= 4 is 11.8 Å². The van der Waals surface area contributed by atoms with Crippen LogP contribution < -0.4 is 5.32 Å². The lowest BCUT2D eigenvalue weighted by molar-refractivity contribution is -0.140. The smallest absolute Gasteiger partial charge is 0.247 e. The van der Waals surface area contributed by atoms with Crippen molar-refractivity contribution in [3.8, 4) is 0 Å². The van der Waals surface area contributed by atoms with E-state index in [1.807, 2.05) is 30.3 Å². The molecule has 0 aliphatic carbocycles. The van der Waals surface area contributed by atoms with Crippen molar-refractivity contribution in [2.45, 2.75) is 38.5 Å². The average molecular weight is 384 g/mol. The summed E-state index contributed by atoms with van der Waals surface area (Å²) in [5, 5.41) is 2.94. The van der Waals surface area contributed by atoms with Crippen molar-refractivity contribution in [3.63, 3.8) is 0 Å². The highest BCUT2D eigenvalue weighted by Gasteiger charge is 2.30. The molecule has 0 radical (unpaired) electrons. The van der Waals surface area contributed by atoms with Gasteiger partial charge in [0.2, 0.25) is 11.8 Å². The molecule has 1 N–H and O–H groups in total. The highest BCUT2D eigenvalue weighted by molar-refractivity contribution is 5.88. The number of benzene rings is 2. The van der Waals surface area contributed by atoms with Gasteiger partial charge in [0.05, 0.1) is 6.10 Å². The summed E-state index contributed by atoms with van der Waals surface area (Å²) in [6, 6.07) is 14.4. The van der Waals surface area contributed by atoms with Crippen molar-refractivity contribution in [2.24, 2.45) is 0 Å². The number of carbonyl (C=O) groups excluding carboxylic acids is 2. The Labute approximate surface area is 164 Å². The van der Waals surface area contributed by atoms with E-state index in [4.69, 9.17) is 4.74 Å². The van der Waals surface area contributed by atoms with Crippen LogP contribution in [0.15, 0.2) is 54.6 Å². The molecule has 5 nitrogen and oxygen atoms in total. The molecule has 0 bridgehead atoms. The molecular formula is C22H25FN2O3. The maximum atomic E-state index is 13.2. The van der Waals surface area contributed by atoms with Crippen LogP contribution in [0, 0.1) is 5.82 Å². The normalized spacial score (nSPS) is 17.1. The van der Waals surface area contributed by atoms with E-state index >= 15 is 0 Å². The fraction of sp³-hybridized carbons (Fsp3) is 0.364. The van der Waals surface area contributed by atoms with E-state index in [0.717, 1.165) is 24.0 Å². The van der Waals surface area contributed by atoms with E-state index < -0.39 is 6.04 Å². The zero-order valence-electron chi connectivity index (χ0n) is 15.9. The lowest BCUT2D eigenvalue weighted by atomic mass is 10.0. The Morgan fingerprint density at radius 1 is 1.18 bits per heavy atom. The molecule has 1 saturated heterocycles. The summed E-state index contributed by atoms with van der Waals surface area (Å²) in [6.45, 7) is 2.78. The molecule has 0 spiro atoms. The quantitative estimate of drug-likeness (QED) is 0.798. The molecule has 0 unspecified atom stereocenters. The third kappa shape index (κ3) is 5.16. The molecule has 2 atom stereocenters. The fourth-order valence-electron chi connectivity index (χ4n) is 3.40. The van der Waals surface area contributed by atoms with Gasteiger partial charge in [0, 0.05) is 26.6 Å². The number of rotatable bonds is 7. The Hall–Kier alpha value is -2.73. The standard InChI is InChI=1S/C22H25FN2O3/c1-16(26)25(15-17-9-11-19(23)12-10-17)21(18-6-3-2-4-7-18)22(27)24-14-20-8-5-13-28-20/h2-4,6-7,9-12,20-21H,5,8,13-15H2,1H3,(H,24,27)/t20-,21+/m0/s1. The molecule has 0 saturated carbocycles. The second-order valence-electron chi connectivity index (χ2n) is 6.97. The zero-order chi connectivity index (χ0) is 19.9. The second kappa shape index (κ2) is 9.46. The topological polar surface area (TPSA) is 58.6 Å². The molecule has 1 heterocycles. The third-order valence-corrected chi connectivity index (χ3v) is 4.87. The number of halogens is 1. The Balaban J connectivity index is 1.82. The number of carbonyl (C=O) groups is 2. The molecule has 2 aromatic carbocycles. The number of amides is 2. The van der Waals surface area contributed by atoms with Crippen LogP contribution in [-0.2, 0) is 20.9 Å². The Morgan fingerprint density at radius 3 is 2.50 bits per heavy atom. The van der Waals surface area contributed by atoms with Crippen LogP contribution in [0.25, 0.3) is 0 Å². The predicted molar refractivity (Wildman–Crippen MR) is 104 cm³/mol. The van der Waals surface area contributed by atoms with E-state index in [1.54, 1.807) is 12.1 Å². The van der Waals surface area contributed by atoms with Gasteiger partial charge in [0.1, 0.15) is 11.9 Å². The summed E-state index contributed by atoms with van der Waals surface area (Å²) < 4.78 is 18.8. The SMILES string of the molecule is CC(=O)N(Cc1ccc(F)cc1)[C@@H](C(=O)NC[C@@H]1CCCO1)c1ccccc1. The number of hydrogen-bond donors (Lipinski definition) is 1. The Bertz CT molecular complexity index is 789. The largest absolute Gasteiger partial charge is 0.376 e. The van der Waals surface area contributed by atoms with Crippen molar-refractivity contribution < 1.29 is 18.7 Å². The first kappa shape index (κ1) is 20.0. The molecule has 1 fully saturated rings. The van der Waals surface area contributed by atoms with Gasteiger partial charge in [-0.2, -0.15) is 0 Å². The van der Waals surface area contributed by atoms with E-state index in [2.05, 4.69) is 5.32 Å². The van der Waals surface area contributed by atoms with Gasteiger partial charge in [-0.25, -0.2) is 4.39 Å². The first-order valence-electron chi connectivity index (χ1n) is 9.50. The maximum absolute atomic E-state index is 13.2. The van der Waals surface area contributed by atoms with Gasteiger partial charge >= 0.3 is 0 Å². The summed E-state index contributed by atoms with van der Waals surface area (Å²) in [7, 11) is 0. The summed E-state index contributed by atoms with van der Waals surface area (Å²) in [5.41, 5.74) is 1.48. The summed E-state index contributed by atoms with van der Waals surface area (Å²) in [5.74, 6) is -0.823. The number of hydrogen-bond acceptors (Lipinski definition) is 3. The fourth-order valence-corrected chi connectivity index (χ4v) is 3.40. The number of nitrogens with zero attached hydrogens (tertiary/aromatic N) is 1. The Kier molecular flexibility index (Phi) is 6.76. The Morgan fingerprint density at radius 2 is 1.89 bits per heavy atom. The molecule has 2 amide bonds. The van der Waals surface area contributed by atoms with Crippen molar-refractivity contribution in [3.05, 3.63) is 71.5 Å². The van der Waals surface area contributed by atoms with E-state index in [9.17, 15) is 14.0 Å². The molecule has 1 aliphatic heterocycles. The molecular weight excluding hydrogens is 359 g/mol. The third-order valence-electron chi connectivity index (χ3n) is 4.87. The molecule has 2 aromatic rings. The first-order chi connectivity index (χ1) is 13.5. The minimum absolute atomic E-state index is 0.0169. The van der Waals surface area contributed by atoms with E-state index in [-0.39, 0.29) is 30.3 Å².